The first-order chi connectivity index (χ1) is 9.67. The van der Waals surface area contributed by atoms with E-state index in [1.807, 2.05) is 39.8 Å². The van der Waals surface area contributed by atoms with E-state index in [4.69, 9.17) is 9.84 Å². The van der Waals surface area contributed by atoms with Crippen molar-refractivity contribution in [2.75, 3.05) is 6.61 Å². The number of aliphatic carboxylic acids is 1. The van der Waals surface area contributed by atoms with Crippen LogP contribution in [-0.2, 0) is 9.59 Å². The van der Waals surface area contributed by atoms with Crippen molar-refractivity contribution in [3.8, 4) is 5.75 Å². The third-order valence-corrected chi connectivity index (χ3v) is 2.81. The second-order valence-corrected chi connectivity index (χ2v) is 6.28. The minimum atomic E-state index is -1.01. The molecule has 1 rings (SSSR count). The van der Waals surface area contributed by atoms with Crippen molar-refractivity contribution < 1.29 is 19.4 Å². The summed E-state index contributed by atoms with van der Waals surface area (Å²) in [5.41, 5.74) is 0.901. The van der Waals surface area contributed by atoms with Crippen molar-refractivity contribution in [2.24, 2.45) is 5.41 Å². The van der Waals surface area contributed by atoms with Gasteiger partial charge in [-0.1, -0.05) is 32.9 Å². The van der Waals surface area contributed by atoms with E-state index in [9.17, 15) is 9.59 Å². The molecule has 0 fully saturated rings. The van der Waals surface area contributed by atoms with Gasteiger partial charge in [-0.2, -0.15) is 0 Å². The van der Waals surface area contributed by atoms with Crippen LogP contribution >= 0.6 is 0 Å². The van der Waals surface area contributed by atoms with Gasteiger partial charge in [-0.05, 0) is 30.0 Å². The highest BCUT2D eigenvalue weighted by atomic mass is 16.5. The third-order valence-electron chi connectivity index (χ3n) is 2.81. The maximum atomic E-state index is 11.9. The van der Waals surface area contributed by atoms with Gasteiger partial charge in [-0.3, -0.25) is 4.79 Å². The fourth-order valence-electron chi connectivity index (χ4n) is 1.86. The van der Waals surface area contributed by atoms with Gasteiger partial charge in [0.05, 0.1) is 6.04 Å². The van der Waals surface area contributed by atoms with Gasteiger partial charge in [0, 0.05) is 6.42 Å². The number of hydrogen-bond donors (Lipinski definition) is 2. The third kappa shape index (κ3) is 6.79. The summed E-state index contributed by atoms with van der Waals surface area (Å²) in [6, 6.07) is 6.93. The van der Waals surface area contributed by atoms with Crippen LogP contribution in [0, 0.1) is 5.41 Å². The molecule has 0 aromatic heterocycles. The minimum Gasteiger partial charge on any atom is -0.482 e. The molecule has 1 aromatic rings. The Bertz CT molecular complexity index is 488. The molecule has 0 saturated carbocycles. The molecule has 0 aliphatic heterocycles. The summed E-state index contributed by atoms with van der Waals surface area (Å²) in [6.45, 7) is 7.61. The lowest BCUT2D eigenvalue weighted by molar-refractivity contribution is -0.139. The van der Waals surface area contributed by atoms with E-state index in [2.05, 4.69) is 5.32 Å². The van der Waals surface area contributed by atoms with Crippen LogP contribution in [0.5, 0.6) is 5.75 Å². The number of amides is 1. The van der Waals surface area contributed by atoms with E-state index >= 15 is 0 Å². The van der Waals surface area contributed by atoms with Crippen molar-refractivity contribution >= 4 is 11.9 Å². The molecule has 0 spiro atoms. The number of carboxylic acids is 1. The van der Waals surface area contributed by atoms with Crippen molar-refractivity contribution in [2.45, 2.75) is 40.2 Å². The number of rotatable bonds is 6. The van der Waals surface area contributed by atoms with Gasteiger partial charge < -0.3 is 15.2 Å². The predicted molar refractivity (Wildman–Crippen MR) is 80.2 cm³/mol. The van der Waals surface area contributed by atoms with E-state index in [1.165, 1.54) is 0 Å². The summed E-state index contributed by atoms with van der Waals surface area (Å²) in [7, 11) is 0. The lowest BCUT2D eigenvalue weighted by Gasteiger charge is -2.20. The predicted octanol–water partition coefficient (Wildman–Crippen LogP) is 2.76. The maximum Gasteiger partial charge on any atom is 0.341 e. The van der Waals surface area contributed by atoms with Crippen LogP contribution in [-0.4, -0.2) is 23.6 Å². The number of carbonyl (C=O) groups is 2. The first-order valence-electron chi connectivity index (χ1n) is 6.91. The van der Waals surface area contributed by atoms with Crippen LogP contribution in [0.1, 0.15) is 45.7 Å². The number of hydrogen-bond acceptors (Lipinski definition) is 3. The van der Waals surface area contributed by atoms with E-state index in [1.54, 1.807) is 12.1 Å². The van der Waals surface area contributed by atoms with Crippen molar-refractivity contribution in [3.05, 3.63) is 29.8 Å². The van der Waals surface area contributed by atoms with E-state index in [0.29, 0.717) is 12.2 Å². The Kier molecular flexibility index (Phi) is 5.76. The van der Waals surface area contributed by atoms with Gasteiger partial charge in [0.15, 0.2) is 6.61 Å². The molecular formula is C16H23NO4. The highest BCUT2D eigenvalue weighted by Gasteiger charge is 2.17. The van der Waals surface area contributed by atoms with Crippen LogP contribution in [0.2, 0.25) is 0 Å². The van der Waals surface area contributed by atoms with Gasteiger partial charge in [-0.15, -0.1) is 0 Å². The molecule has 0 bridgehead atoms. The average Bonchev–Trinajstić information content (AvgIpc) is 2.34. The number of carbonyl (C=O) groups excluding carboxylic acids is 1. The molecule has 5 nitrogen and oxygen atoms in total. The molecule has 1 atom stereocenters. The Morgan fingerprint density at radius 3 is 2.29 bits per heavy atom. The molecule has 0 radical (unpaired) electrons. The average molecular weight is 293 g/mol. The summed E-state index contributed by atoms with van der Waals surface area (Å²) < 4.78 is 5.06. The maximum absolute atomic E-state index is 11.9. The number of nitrogens with one attached hydrogen (secondary N) is 1. The molecule has 0 heterocycles. The molecule has 0 aliphatic carbocycles. The van der Waals surface area contributed by atoms with Crippen LogP contribution in [0.4, 0.5) is 0 Å². The van der Waals surface area contributed by atoms with Crippen molar-refractivity contribution in [3.63, 3.8) is 0 Å². The molecule has 21 heavy (non-hydrogen) atoms. The molecule has 116 valence electrons. The summed E-state index contributed by atoms with van der Waals surface area (Å²) in [6.07, 6.45) is 0.469. The van der Waals surface area contributed by atoms with Gasteiger partial charge in [-0.25, -0.2) is 4.79 Å². The first-order valence-corrected chi connectivity index (χ1v) is 6.91. The monoisotopic (exact) mass is 293 g/mol. The van der Waals surface area contributed by atoms with Crippen molar-refractivity contribution in [1.29, 1.82) is 0 Å². The fraction of sp³-hybridized carbons (Fsp3) is 0.500. The molecule has 0 aliphatic rings. The normalized spacial score (nSPS) is 12.6. The zero-order valence-electron chi connectivity index (χ0n) is 13.0. The zero-order valence-corrected chi connectivity index (χ0v) is 13.0. The van der Waals surface area contributed by atoms with Crippen LogP contribution in [0.3, 0.4) is 0 Å². The molecule has 5 heteroatoms. The van der Waals surface area contributed by atoms with E-state index < -0.39 is 5.97 Å². The van der Waals surface area contributed by atoms with Crippen LogP contribution in [0.25, 0.3) is 0 Å². The highest BCUT2D eigenvalue weighted by molar-refractivity contribution is 5.77. The Balaban J connectivity index is 2.56. The lowest BCUT2D eigenvalue weighted by Crippen LogP contribution is -2.29. The fourth-order valence-corrected chi connectivity index (χ4v) is 1.86. The molecule has 1 aromatic carbocycles. The Morgan fingerprint density at radius 1 is 1.24 bits per heavy atom. The van der Waals surface area contributed by atoms with E-state index in [-0.39, 0.29) is 24.0 Å². The summed E-state index contributed by atoms with van der Waals surface area (Å²) in [5.74, 6) is -0.502. The molecule has 1 unspecified atom stereocenters. The quantitative estimate of drug-likeness (QED) is 0.845. The zero-order chi connectivity index (χ0) is 16.0. The molecule has 1 amide bonds. The van der Waals surface area contributed by atoms with Gasteiger partial charge >= 0.3 is 5.97 Å². The second-order valence-electron chi connectivity index (χ2n) is 6.28. The Morgan fingerprint density at radius 2 is 1.81 bits per heavy atom. The SMILES string of the molecule is CC(NC(=O)CC(C)(C)C)c1ccc(OCC(=O)O)cc1. The second kappa shape index (κ2) is 7.11. The largest absolute Gasteiger partial charge is 0.482 e. The lowest BCUT2D eigenvalue weighted by atomic mass is 9.91. The number of ether oxygens (including phenoxy) is 1. The number of benzene rings is 1. The Labute approximate surface area is 125 Å². The smallest absolute Gasteiger partial charge is 0.341 e. The van der Waals surface area contributed by atoms with Crippen LogP contribution in [0.15, 0.2) is 24.3 Å². The number of carboxylic acid groups (broad SMARTS) is 1. The van der Waals surface area contributed by atoms with Gasteiger partial charge in [0.2, 0.25) is 5.91 Å². The minimum absolute atomic E-state index is 0.0150. The highest BCUT2D eigenvalue weighted by Crippen LogP contribution is 2.21. The topological polar surface area (TPSA) is 75.6 Å². The Hall–Kier alpha value is -2.04. The first kappa shape index (κ1) is 17.0. The summed E-state index contributed by atoms with van der Waals surface area (Å²) >= 11 is 0. The van der Waals surface area contributed by atoms with Crippen molar-refractivity contribution in [1.82, 2.24) is 5.32 Å². The standard InChI is InChI=1S/C16H23NO4/c1-11(17-14(18)9-16(2,3)4)12-5-7-13(8-6-12)21-10-15(19)20/h5-8,11H,9-10H2,1-4H3,(H,17,18)(H,19,20). The van der Waals surface area contributed by atoms with Gasteiger partial charge in [0.25, 0.3) is 0 Å². The van der Waals surface area contributed by atoms with Gasteiger partial charge in [0.1, 0.15) is 5.75 Å². The summed E-state index contributed by atoms with van der Waals surface area (Å²) in [5, 5.41) is 11.5. The molecule has 0 saturated heterocycles. The summed E-state index contributed by atoms with van der Waals surface area (Å²) in [4.78, 5) is 22.3. The molecule has 2 N–H and O–H groups in total. The molecular weight excluding hydrogens is 270 g/mol. The van der Waals surface area contributed by atoms with Crippen LogP contribution < -0.4 is 10.1 Å². The van der Waals surface area contributed by atoms with E-state index in [0.717, 1.165) is 5.56 Å².